The van der Waals surface area contributed by atoms with Gasteiger partial charge in [0.05, 0.1) is 0 Å². The zero-order valence-electron chi connectivity index (χ0n) is 12.2. The van der Waals surface area contributed by atoms with Crippen LogP contribution >= 0.6 is 0 Å². The molecule has 0 aliphatic rings. The number of anilines is 1. The van der Waals surface area contributed by atoms with Gasteiger partial charge in [-0.05, 0) is 42.5 Å². The molecule has 0 spiro atoms. The maximum atomic E-state index is 12.1. The third-order valence-electron chi connectivity index (χ3n) is 2.95. The van der Waals surface area contributed by atoms with Crippen molar-refractivity contribution in [1.29, 1.82) is 0 Å². The van der Waals surface area contributed by atoms with Crippen LogP contribution in [-0.4, -0.2) is 25.5 Å². The fraction of sp³-hybridized carbons (Fsp3) is 0.125. The Hall–Kier alpha value is -2.96. The largest absolute Gasteiger partial charge is 0.435 e. The molecule has 120 valence electrons. The predicted molar refractivity (Wildman–Crippen MR) is 80.9 cm³/mol. The fourth-order valence-corrected chi connectivity index (χ4v) is 1.87. The van der Waals surface area contributed by atoms with Crippen molar-refractivity contribution >= 4 is 17.5 Å². The third-order valence-corrected chi connectivity index (χ3v) is 2.95. The van der Waals surface area contributed by atoms with Crippen molar-refractivity contribution in [2.45, 2.75) is 6.61 Å². The molecule has 0 aliphatic carbocycles. The highest BCUT2D eigenvalue weighted by Crippen LogP contribution is 2.17. The first kappa shape index (κ1) is 16.4. The number of hydrogen-bond donors (Lipinski definition) is 2. The standard InChI is InChI=1S/C16H14F2N2O3/c1-19-14(21)11-3-2-4-12(9-11)20-15(22)10-5-7-13(8-6-10)23-16(17)18/h2-9,16H,1H3,(H,19,21)(H,20,22). The van der Waals surface area contributed by atoms with E-state index in [0.29, 0.717) is 11.3 Å². The molecule has 0 saturated carbocycles. The number of hydrogen-bond acceptors (Lipinski definition) is 3. The van der Waals surface area contributed by atoms with E-state index in [4.69, 9.17) is 0 Å². The Morgan fingerprint density at radius 3 is 2.30 bits per heavy atom. The average Bonchev–Trinajstić information content (AvgIpc) is 2.54. The second kappa shape index (κ2) is 7.35. The van der Waals surface area contributed by atoms with E-state index in [-0.39, 0.29) is 17.2 Å². The van der Waals surface area contributed by atoms with E-state index in [9.17, 15) is 18.4 Å². The van der Waals surface area contributed by atoms with Gasteiger partial charge in [0.15, 0.2) is 0 Å². The molecule has 0 aromatic heterocycles. The minimum absolute atomic E-state index is 0.0295. The summed E-state index contributed by atoms with van der Waals surface area (Å²) in [6.45, 7) is -2.91. The van der Waals surface area contributed by atoms with E-state index in [1.807, 2.05) is 0 Å². The van der Waals surface area contributed by atoms with Crippen LogP contribution in [-0.2, 0) is 0 Å². The van der Waals surface area contributed by atoms with Gasteiger partial charge in [0.1, 0.15) is 5.75 Å². The number of nitrogens with one attached hydrogen (secondary N) is 2. The summed E-state index contributed by atoms with van der Waals surface area (Å²) in [7, 11) is 1.51. The normalized spacial score (nSPS) is 10.3. The van der Waals surface area contributed by atoms with Crippen LogP contribution in [0, 0.1) is 0 Å². The molecule has 5 nitrogen and oxygen atoms in total. The number of rotatable bonds is 5. The Kier molecular flexibility index (Phi) is 5.24. The van der Waals surface area contributed by atoms with Gasteiger partial charge in [-0.1, -0.05) is 6.07 Å². The predicted octanol–water partition coefficient (Wildman–Crippen LogP) is 2.90. The highest BCUT2D eigenvalue weighted by Gasteiger charge is 2.10. The van der Waals surface area contributed by atoms with Crippen molar-refractivity contribution in [2.24, 2.45) is 0 Å². The third kappa shape index (κ3) is 4.50. The second-order valence-electron chi connectivity index (χ2n) is 4.52. The fourth-order valence-electron chi connectivity index (χ4n) is 1.87. The quantitative estimate of drug-likeness (QED) is 0.890. The molecule has 0 radical (unpaired) electrons. The first-order chi connectivity index (χ1) is 11.0. The molecule has 0 bridgehead atoms. The maximum absolute atomic E-state index is 12.1. The zero-order chi connectivity index (χ0) is 16.8. The van der Waals surface area contributed by atoms with E-state index < -0.39 is 12.5 Å². The van der Waals surface area contributed by atoms with Crippen LogP contribution in [0.3, 0.4) is 0 Å². The SMILES string of the molecule is CNC(=O)c1cccc(NC(=O)c2ccc(OC(F)F)cc2)c1. The zero-order valence-corrected chi connectivity index (χ0v) is 12.2. The molecule has 0 aliphatic heterocycles. The van der Waals surface area contributed by atoms with Crippen molar-refractivity contribution in [2.75, 3.05) is 12.4 Å². The van der Waals surface area contributed by atoms with Crippen molar-refractivity contribution in [3.8, 4) is 5.75 Å². The molecule has 7 heteroatoms. The highest BCUT2D eigenvalue weighted by atomic mass is 19.3. The van der Waals surface area contributed by atoms with Gasteiger partial charge in [-0.15, -0.1) is 0 Å². The van der Waals surface area contributed by atoms with Gasteiger partial charge in [-0.25, -0.2) is 0 Å². The second-order valence-corrected chi connectivity index (χ2v) is 4.52. The van der Waals surface area contributed by atoms with Crippen LogP contribution in [0.15, 0.2) is 48.5 Å². The number of benzene rings is 2. The summed E-state index contributed by atoms with van der Waals surface area (Å²) in [6.07, 6.45) is 0. The summed E-state index contributed by atoms with van der Waals surface area (Å²) in [5.41, 5.74) is 1.13. The number of ether oxygens (including phenoxy) is 1. The van der Waals surface area contributed by atoms with E-state index >= 15 is 0 Å². The number of halogens is 2. The van der Waals surface area contributed by atoms with Crippen LogP contribution in [0.4, 0.5) is 14.5 Å². The summed E-state index contributed by atoms with van der Waals surface area (Å²) in [4.78, 5) is 23.6. The Morgan fingerprint density at radius 2 is 1.70 bits per heavy atom. The molecule has 0 atom stereocenters. The lowest BCUT2D eigenvalue weighted by atomic mass is 10.1. The number of carbonyl (C=O) groups is 2. The van der Waals surface area contributed by atoms with E-state index in [1.165, 1.54) is 37.4 Å². The molecule has 2 aromatic rings. The molecule has 0 fully saturated rings. The molecule has 0 heterocycles. The van der Waals surface area contributed by atoms with Gasteiger partial charge >= 0.3 is 6.61 Å². The minimum Gasteiger partial charge on any atom is -0.435 e. The number of carbonyl (C=O) groups excluding carboxylic acids is 2. The molecule has 0 unspecified atom stereocenters. The molecule has 2 amide bonds. The molecule has 2 N–H and O–H groups in total. The van der Waals surface area contributed by atoms with Gasteiger partial charge in [0, 0.05) is 23.9 Å². The first-order valence-electron chi connectivity index (χ1n) is 6.68. The van der Waals surface area contributed by atoms with Gasteiger partial charge in [-0.2, -0.15) is 8.78 Å². The monoisotopic (exact) mass is 320 g/mol. The van der Waals surface area contributed by atoms with E-state index in [1.54, 1.807) is 18.2 Å². The lowest BCUT2D eigenvalue weighted by Crippen LogP contribution is -2.18. The minimum atomic E-state index is -2.91. The first-order valence-corrected chi connectivity index (χ1v) is 6.68. The Balaban J connectivity index is 2.08. The summed E-state index contributed by atoms with van der Waals surface area (Å²) in [5, 5.41) is 5.12. The van der Waals surface area contributed by atoms with Gasteiger partial charge < -0.3 is 15.4 Å². The highest BCUT2D eigenvalue weighted by molar-refractivity contribution is 6.05. The molecule has 2 aromatic carbocycles. The number of amides is 2. The van der Waals surface area contributed by atoms with Gasteiger partial charge in [0.25, 0.3) is 11.8 Å². The van der Waals surface area contributed by atoms with E-state index in [2.05, 4.69) is 15.4 Å². The average molecular weight is 320 g/mol. The Labute approximate surface area is 131 Å². The van der Waals surface area contributed by atoms with Crippen LogP contribution < -0.4 is 15.4 Å². The molecule has 23 heavy (non-hydrogen) atoms. The lowest BCUT2D eigenvalue weighted by Gasteiger charge is -2.08. The van der Waals surface area contributed by atoms with Gasteiger partial charge in [0.2, 0.25) is 0 Å². The summed E-state index contributed by atoms with van der Waals surface area (Å²) >= 11 is 0. The smallest absolute Gasteiger partial charge is 0.387 e. The summed E-state index contributed by atoms with van der Waals surface area (Å²) in [5.74, 6) is -0.726. The van der Waals surface area contributed by atoms with Crippen LogP contribution in [0.1, 0.15) is 20.7 Å². The molecule has 0 saturated heterocycles. The Bertz CT molecular complexity index is 703. The van der Waals surface area contributed by atoms with Crippen LogP contribution in [0.25, 0.3) is 0 Å². The topological polar surface area (TPSA) is 67.4 Å². The van der Waals surface area contributed by atoms with Crippen molar-refractivity contribution in [3.05, 3.63) is 59.7 Å². The summed E-state index contributed by atoms with van der Waals surface area (Å²) < 4.78 is 28.3. The van der Waals surface area contributed by atoms with Crippen LogP contribution in [0.5, 0.6) is 5.75 Å². The molecular formula is C16H14F2N2O3. The van der Waals surface area contributed by atoms with Crippen molar-refractivity contribution in [3.63, 3.8) is 0 Å². The summed E-state index contributed by atoms with van der Waals surface area (Å²) in [6, 6.07) is 11.7. The maximum Gasteiger partial charge on any atom is 0.387 e. The Morgan fingerprint density at radius 1 is 1.00 bits per heavy atom. The van der Waals surface area contributed by atoms with E-state index in [0.717, 1.165) is 0 Å². The lowest BCUT2D eigenvalue weighted by molar-refractivity contribution is -0.0498. The molecular weight excluding hydrogens is 306 g/mol. The van der Waals surface area contributed by atoms with Crippen molar-refractivity contribution < 1.29 is 23.1 Å². The molecule has 2 rings (SSSR count). The van der Waals surface area contributed by atoms with Crippen LogP contribution in [0.2, 0.25) is 0 Å². The van der Waals surface area contributed by atoms with Gasteiger partial charge in [-0.3, -0.25) is 9.59 Å². The van der Waals surface area contributed by atoms with Crippen molar-refractivity contribution in [1.82, 2.24) is 5.32 Å². The number of alkyl halides is 2.